The topological polar surface area (TPSA) is 55.8 Å². The fourth-order valence-electron chi connectivity index (χ4n) is 1.11. The molecule has 0 atom stereocenters. The van der Waals surface area contributed by atoms with E-state index in [1.807, 2.05) is 0 Å². The highest BCUT2D eigenvalue weighted by Gasteiger charge is 2.31. The Morgan fingerprint density at radius 1 is 0.895 bits per heavy atom. The lowest BCUT2D eigenvalue weighted by Gasteiger charge is -2.28. The van der Waals surface area contributed by atoms with E-state index in [0.29, 0.717) is 5.70 Å². The van der Waals surface area contributed by atoms with Gasteiger partial charge in [0.15, 0.2) is 0 Å². The van der Waals surface area contributed by atoms with E-state index < -0.39 is 23.4 Å². The van der Waals surface area contributed by atoms with Gasteiger partial charge in [0.05, 0.1) is 0 Å². The lowest BCUT2D eigenvalue weighted by atomic mass is 10.2. The molecule has 0 bridgehead atoms. The van der Waals surface area contributed by atoms with Crippen molar-refractivity contribution in [2.45, 2.75) is 66.6 Å². The molecule has 0 fully saturated rings. The molecule has 0 aliphatic heterocycles. The predicted octanol–water partition coefficient (Wildman–Crippen LogP) is 4.08. The van der Waals surface area contributed by atoms with E-state index in [1.165, 1.54) is 0 Å². The number of amides is 2. The highest BCUT2D eigenvalue weighted by atomic mass is 16.6. The monoisotopic (exact) mass is 271 g/mol. The van der Waals surface area contributed by atoms with Gasteiger partial charge in [-0.3, -0.25) is 0 Å². The number of ether oxygens (including phenoxy) is 2. The van der Waals surface area contributed by atoms with Crippen LogP contribution in [-0.4, -0.2) is 28.3 Å². The maximum Gasteiger partial charge on any atom is 0.424 e. The number of hydrogen-bond acceptors (Lipinski definition) is 4. The van der Waals surface area contributed by atoms with E-state index in [-0.39, 0.29) is 0 Å². The van der Waals surface area contributed by atoms with Crippen molar-refractivity contribution in [3.8, 4) is 0 Å². The summed E-state index contributed by atoms with van der Waals surface area (Å²) >= 11 is 0. The maximum absolute atomic E-state index is 12.0. The molecule has 0 N–H and O–H groups in total. The van der Waals surface area contributed by atoms with Gasteiger partial charge in [0, 0.05) is 5.70 Å². The van der Waals surface area contributed by atoms with Crippen LogP contribution in [0.2, 0.25) is 0 Å². The van der Waals surface area contributed by atoms with Crippen molar-refractivity contribution in [1.29, 1.82) is 0 Å². The van der Waals surface area contributed by atoms with Gasteiger partial charge in [-0.1, -0.05) is 6.08 Å². The van der Waals surface area contributed by atoms with E-state index in [4.69, 9.17) is 9.47 Å². The molecule has 110 valence electrons. The van der Waals surface area contributed by atoms with Crippen LogP contribution >= 0.6 is 0 Å². The number of imide groups is 1. The van der Waals surface area contributed by atoms with Crippen LogP contribution in [-0.2, 0) is 9.47 Å². The zero-order valence-corrected chi connectivity index (χ0v) is 13.2. The van der Waals surface area contributed by atoms with Crippen LogP contribution < -0.4 is 0 Å². The Morgan fingerprint density at radius 3 is 1.42 bits per heavy atom. The van der Waals surface area contributed by atoms with Gasteiger partial charge in [-0.05, 0) is 55.4 Å². The number of hydrogen-bond donors (Lipinski definition) is 0. The summed E-state index contributed by atoms with van der Waals surface area (Å²) in [6.45, 7) is 13.8. The standard InChI is InChI=1S/C14H25NO4/c1-9-10(2)15(11(16)18-13(3,4)5)12(17)19-14(6,7)8/h9H,1-8H3. The number of allylic oxidation sites excluding steroid dienone is 2. The first kappa shape index (κ1) is 17.5. The molecule has 0 aromatic heterocycles. The van der Waals surface area contributed by atoms with E-state index in [2.05, 4.69) is 0 Å². The number of rotatable bonds is 1. The fourth-order valence-corrected chi connectivity index (χ4v) is 1.11. The zero-order valence-electron chi connectivity index (χ0n) is 13.2. The van der Waals surface area contributed by atoms with Gasteiger partial charge in [0.25, 0.3) is 0 Å². The summed E-state index contributed by atoms with van der Waals surface area (Å²) in [5.41, 5.74) is -0.889. The molecule has 5 heteroatoms. The molecule has 2 amide bonds. The smallest absolute Gasteiger partial charge is 0.424 e. The first-order chi connectivity index (χ1) is 8.37. The summed E-state index contributed by atoms with van der Waals surface area (Å²) in [6.07, 6.45) is 0.170. The molecule has 5 nitrogen and oxygen atoms in total. The van der Waals surface area contributed by atoms with E-state index in [9.17, 15) is 9.59 Å². The second-order valence-corrected chi connectivity index (χ2v) is 6.23. The minimum absolute atomic E-state index is 0.462. The lowest BCUT2D eigenvalue weighted by Crippen LogP contribution is -2.42. The van der Waals surface area contributed by atoms with E-state index in [1.54, 1.807) is 61.5 Å². The molecule has 0 heterocycles. The zero-order chi connectivity index (χ0) is 15.4. The Morgan fingerprint density at radius 2 is 1.21 bits per heavy atom. The van der Waals surface area contributed by atoms with Crippen LogP contribution in [0.4, 0.5) is 9.59 Å². The largest absolute Gasteiger partial charge is 0.443 e. The second kappa shape index (κ2) is 6.08. The molecule has 0 aliphatic rings. The molecule has 0 saturated carbocycles. The van der Waals surface area contributed by atoms with Gasteiger partial charge >= 0.3 is 12.2 Å². The summed E-state index contributed by atoms with van der Waals surface area (Å²) in [6, 6.07) is 0. The van der Waals surface area contributed by atoms with Gasteiger partial charge in [-0.25, -0.2) is 9.59 Å². The average Bonchev–Trinajstić information content (AvgIpc) is 2.11. The van der Waals surface area contributed by atoms with Gasteiger partial charge in [0.1, 0.15) is 11.2 Å². The van der Waals surface area contributed by atoms with Crippen LogP contribution in [0.5, 0.6) is 0 Å². The van der Waals surface area contributed by atoms with Crippen LogP contribution in [0.25, 0.3) is 0 Å². The molecule has 0 aliphatic carbocycles. The molecule has 0 aromatic carbocycles. The summed E-state index contributed by atoms with van der Waals surface area (Å²) < 4.78 is 10.4. The second-order valence-electron chi connectivity index (χ2n) is 6.23. The van der Waals surface area contributed by atoms with Gasteiger partial charge in [0.2, 0.25) is 0 Å². The Bertz CT molecular complexity index is 344. The normalized spacial score (nSPS) is 12.9. The summed E-state index contributed by atoms with van der Waals surface area (Å²) in [5.74, 6) is 0. The minimum Gasteiger partial charge on any atom is -0.443 e. The number of nitrogens with zero attached hydrogens (tertiary/aromatic N) is 1. The van der Waals surface area contributed by atoms with Crippen molar-refractivity contribution in [1.82, 2.24) is 4.90 Å². The van der Waals surface area contributed by atoms with Crippen LogP contribution in [0.3, 0.4) is 0 Å². The molecule has 0 unspecified atom stereocenters. The Labute approximate surface area is 115 Å². The van der Waals surface area contributed by atoms with Crippen LogP contribution in [0.15, 0.2) is 11.8 Å². The van der Waals surface area contributed by atoms with Gasteiger partial charge < -0.3 is 9.47 Å². The fraction of sp³-hybridized carbons (Fsp3) is 0.714. The Hall–Kier alpha value is -1.52. The molecule has 0 radical (unpaired) electrons. The van der Waals surface area contributed by atoms with Crippen molar-refractivity contribution < 1.29 is 19.1 Å². The van der Waals surface area contributed by atoms with Crippen molar-refractivity contribution in [3.63, 3.8) is 0 Å². The molecule has 0 rings (SSSR count). The SMILES string of the molecule is CC=C(C)N(C(=O)OC(C)(C)C)C(=O)OC(C)(C)C. The van der Waals surface area contributed by atoms with Gasteiger partial charge in [-0.2, -0.15) is 4.90 Å². The Kier molecular flexibility index (Phi) is 5.60. The van der Waals surface area contributed by atoms with Crippen molar-refractivity contribution in [3.05, 3.63) is 11.8 Å². The van der Waals surface area contributed by atoms with Crippen LogP contribution in [0, 0.1) is 0 Å². The van der Waals surface area contributed by atoms with Gasteiger partial charge in [-0.15, -0.1) is 0 Å². The number of carbonyl (C=O) groups excluding carboxylic acids is 2. The third-order valence-corrected chi connectivity index (χ3v) is 1.92. The van der Waals surface area contributed by atoms with Crippen molar-refractivity contribution in [2.24, 2.45) is 0 Å². The third kappa shape index (κ3) is 6.84. The molecule has 0 spiro atoms. The number of carbonyl (C=O) groups is 2. The molecule has 0 aromatic rings. The Balaban J connectivity index is 5.14. The molecular formula is C14H25NO4. The van der Waals surface area contributed by atoms with E-state index in [0.717, 1.165) is 4.90 Å². The molecular weight excluding hydrogens is 246 g/mol. The van der Waals surface area contributed by atoms with Crippen molar-refractivity contribution in [2.75, 3.05) is 0 Å². The summed E-state index contributed by atoms with van der Waals surface area (Å²) in [7, 11) is 0. The first-order valence-corrected chi connectivity index (χ1v) is 6.26. The first-order valence-electron chi connectivity index (χ1n) is 6.26. The highest BCUT2D eigenvalue weighted by molar-refractivity contribution is 5.90. The maximum atomic E-state index is 12.0. The summed E-state index contributed by atoms with van der Waals surface area (Å²) in [4.78, 5) is 25.0. The third-order valence-electron chi connectivity index (χ3n) is 1.92. The van der Waals surface area contributed by atoms with E-state index >= 15 is 0 Å². The lowest BCUT2D eigenvalue weighted by molar-refractivity contribution is 0.00833. The molecule has 19 heavy (non-hydrogen) atoms. The minimum atomic E-state index is -0.739. The highest BCUT2D eigenvalue weighted by Crippen LogP contribution is 2.17. The quantitative estimate of drug-likeness (QED) is 0.721. The van der Waals surface area contributed by atoms with Crippen molar-refractivity contribution >= 4 is 12.2 Å². The predicted molar refractivity (Wildman–Crippen MR) is 73.7 cm³/mol. The molecule has 0 saturated heterocycles. The van der Waals surface area contributed by atoms with Crippen LogP contribution in [0.1, 0.15) is 55.4 Å². The average molecular weight is 271 g/mol. The summed E-state index contributed by atoms with van der Waals surface area (Å²) in [5, 5.41) is 0.